The van der Waals surface area contributed by atoms with Gasteiger partial charge in [-0.25, -0.2) is 4.68 Å². The van der Waals surface area contributed by atoms with Gasteiger partial charge in [0.25, 0.3) is 0 Å². The van der Waals surface area contributed by atoms with Crippen molar-refractivity contribution in [2.45, 2.75) is 40.3 Å². The Kier molecular flexibility index (Phi) is 4.07. The summed E-state index contributed by atoms with van der Waals surface area (Å²) in [6.45, 7) is 7.30. The normalized spacial score (nSPS) is 13.1. The van der Waals surface area contributed by atoms with Gasteiger partial charge in [-0.15, -0.1) is 0 Å². The number of hydrogen-bond acceptors (Lipinski definition) is 3. The third-order valence-electron chi connectivity index (χ3n) is 5.06. The van der Waals surface area contributed by atoms with E-state index in [4.69, 9.17) is 0 Å². The monoisotopic (exact) mass is 346 g/mol. The Morgan fingerprint density at radius 1 is 1.08 bits per heavy atom. The van der Waals surface area contributed by atoms with E-state index in [1.54, 1.807) is 0 Å². The van der Waals surface area contributed by atoms with Crippen LogP contribution in [0.4, 0.5) is 0 Å². The molecule has 0 aliphatic carbocycles. The molecular weight excluding hydrogens is 324 g/mol. The number of fused-ring (bicyclic) bond motifs is 1. The fourth-order valence-electron chi connectivity index (χ4n) is 3.59. The maximum atomic E-state index is 12.9. The lowest BCUT2D eigenvalue weighted by Crippen LogP contribution is -2.27. The van der Waals surface area contributed by atoms with Crippen LogP contribution < -0.4 is 0 Å². The van der Waals surface area contributed by atoms with E-state index in [0.717, 1.165) is 33.9 Å². The predicted molar refractivity (Wildman–Crippen MR) is 100.0 cm³/mol. The molecule has 132 valence electrons. The molecule has 0 N–H and O–H groups in total. The van der Waals surface area contributed by atoms with Crippen LogP contribution in [0.3, 0.4) is 0 Å². The average molecular weight is 346 g/mol. The SMILES string of the molecule is Cc1cc2c(cn1)CN(C(=O)Cc1c(C)nn(-c3ccccc3)c1C)C2. The maximum Gasteiger partial charge on any atom is 0.227 e. The molecule has 0 spiro atoms. The first-order valence-corrected chi connectivity index (χ1v) is 8.85. The van der Waals surface area contributed by atoms with Crippen molar-refractivity contribution in [3.05, 3.63) is 76.4 Å². The van der Waals surface area contributed by atoms with Crippen molar-refractivity contribution in [2.75, 3.05) is 0 Å². The molecule has 3 heterocycles. The number of rotatable bonds is 3. The predicted octanol–water partition coefficient (Wildman–Crippen LogP) is 3.28. The number of aromatic nitrogens is 3. The van der Waals surface area contributed by atoms with Crippen molar-refractivity contribution in [3.63, 3.8) is 0 Å². The van der Waals surface area contributed by atoms with Crippen LogP contribution in [0.1, 0.15) is 33.8 Å². The third kappa shape index (κ3) is 2.90. The van der Waals surface area contributed by atoms with Gasteiger partial charge < -0.3 is 4.90 Å². The number of para-hydroxylation sites is 1. The van der Waals surface area contributed by atoms with Crippen LogP contribution in [0, 0.1) is 20.8 Å². The van der Waals surface area contributed by atoms with Crippen molar-refractivity contribution in [1.29, 1.82) is 0 Å². The van der Waals surface area contributed by atoms with E-state index in [0.29, 0.717) is 19.5 Å². The summed E-state index contributed by atoms with van der Waals surface area (Å²) in [6.07, 6.45) is 2.27. The van der Waals surface area contributed by atoms with E-state index in [1.807, 2.05) is 66.9 Å². The average Bonchev–Trinajstić information content (AvgIpc) is 3.18. The molecule has 0 saturated carbocycles. The maximum absolute atomic E-state index is 12.9. The quantitative estimate of drug-likeness (QED) is 0.731. The zero-order chi connectivity index (χ0) is 18.3. The lowest BCUT2D eigenvalue weighted by molar-refractivity contribution is -0.131. The largest absolute Gasteiger partial charge is 0.334 e. The lowest BCUT2D eigenvalue weighted by Gasteiger charge is -2.15. The molecule has 1 aromatic carbocycles. The number of nitrogens with zero attached hydrogens (tertiary/aromatic N) is 4. The highest BCUT2D eigenvalue weighted by molar-refractivity contribution is 5.80. The summed E-state index contributed by atoms with van der Waals surface area (Å²) in [4.78, 5) is 19.1. The minimum atomic E-state index is 0.137. The Bertz CT molecular complexity index is 975. The van der Waals surface area contributed by atoms with Crippen LogP contribution in [-0.2, 0) is 24.3 Å². The van der Waals surface area contributed by atoms with E-state index in [-0.39, 0.29) is 5.91 Å². The Labute approximate surface area is 153 Å². The van der Waals surface area contributed by atoms with Crippen molar-refractivity contribution >= 4 is 5.91 Å². The first kappa shape index (κ1) is 16.5. The van der Waals surface area contributed by atoms with Crippen molar-refractivity contribution in [2.24, 2.45) is 0 Å². The standard InChI is InChI=1S/C21H22N4O/c1-14-9-17-12-24(13-18(17)11-22-14)21(26)10-20-15(2)23-25(16(20)3)19-7-5-4-6-8-19/h4-9,11H,10,12-13H2,1-3H3. The Hall–Kier alpha value is -2.95. The molecule has 0 atom stereocenters. The molecule has 0 radical (unpaired) electrons. The van der Waals surface area contributed by atoms with Gasteiger partial charge >= 0.3 is 0 Å². The molecule has 0 bridgehead atoms. The molecule has 5 heteroatoms. The first-order chi connectivity index (χ1) is 12.5. The van der Waals surface area contributed by atoms with E-state index < -0.39 is 0 Å². The molecule has 1 aliphatic heterocycles. The molecule has 4 rings (SSSR count). The zero-order valence-corrected chi connectivity index (χ0v) is 15.4. The first-order valence-electron chi connectivity index (χ1n) is 8.85. The van der Waals surface area contributed by atoms with Gasteiger partial charge in [0.2, 0.25) is 5.91 Å². The summed E-state index contributed by atoms with van der Waals surface area (Å²) in [5, 5.41) is 4.65. The Morgan fingerprint density at radius 2 is 1.81 bits per heavy atom. The van der Waals surface area contributed by atoms with Crippen LogP contribution in [0.25, 0.3) is 5.69 Å². The number of carbonyl (C=O) groups is 1. The highest BCUT2D eigenvalue weighted by Crippen LogP contribution is 2.25. The van der Waals surface area contributed by atoms with Crippen LogP contribution >= 0.6 is 0 Å². The van der Waals surface area contributed by atoms with E-state index >= 15 is 0 Å². The van der Waals surface area contributed by atoms with Gasteiger partial charge in [0.1, 0.15) is 0 Å². The summed E-state index contributed by atoms with van der Waals surface area (Å²) in [5.41, 5.74) is 7.32. The number of carbonyl (C=O) groups excluding carboxylic acids is 1. The van der Waals surface area contributed by atoms with Gasteiger partial charge in [-0.1, -0.05) is 18.2 Å². The number of amides is 1. The smallest absolute Gasteiger partial charge is 0.227 e. The van der Waals surface area contributed by atoms with E-state index in [9.17, 15) is 4.79 Å². The second kappa shape index (κ2) is 6.41. The van der Waals surface area contributed by atoms with Gasteiger partial charge in [-0.3, -0.25) is 9.78 Å². The summed E-state index contributed by atoms with van der Waals surface area (Å²) in [5.74, 6) is 0.137. The minimum absolute atomic E-state index is 0.137. The molecule has 26 heavy (non-hydrogen) atoms. The van der Waals surface area contributed by atoms with Crippen LogP contribution in [0.15, 0.2) is 42.6 Å². The van der Waals surface area contributed by atoms with Gasteiger partial charge in [0, 0.05) is 36.2 Å². The van der Waals surface area contributed by atoms with Gasteiger partial charge in [-0.2, -0.15) is 5.10 Å². The molecule has 2 aromatic heterocycles. The number of pyridine rings is 1. The topological polar surface area (TPSA) is 51.0 Å². The second-order valence-corrected chi connectivity index (χ2v) is 6.92. The summed E-state index contributed by atoms with van der Waals surface area (Å²) in [6, 6.07) is 12.1. The van der Waals surface area contributed by atoms with Crippen molar-refractivity contribution in [3.8, 4) is 5.69 Å². The lowest BCUT2D eigenvalue weighted by atomic mass is 10.1. The molecule has 0 unspecified atom stereocenters. The fourth-order valence-corrected chi connectivity index (χ4v) is 3.59. The molecule has 1 aliphatic rings. The number of benzene rings is 1. The molecule has 0 fully saturated rings. The van der Waals surface area contributed by atoms with Crippen LogP contribution in [0.2, 0.25) is 0 Å². The minimum Gasteiger partial charge on any atom is -0.334 e. The van der Waals surface area contributed by atoms with Gasteiger partial charge in [-0.05, 0) is 50.1 Å². The zero-order valence-electron chi connectivity index (χ0n) is 15.4. The molecule has 3 aromatic rings. The summed E-state index contributed by atoms with van der Waals surface area (Å²) >= 11 is 0. The second-order valence-electron chi connectivity index (χ2n) is 6.92. The van der Waals surface area contributed by atoms with Crippen LogP contribution in [-0.4, -0.2) is 25.6 Å². The van der Waals surface area contributed by atoms with Gasteiger partial charge in [0.15, 0.2) is 0 Å². The van der Waals surface area contributed by atoms with E-state index in [2.05, 4.69) is 16.1 Å². The molecule has 1 amide bonds. The molecule has 5 nitrogen and oxygen atoms in total. The fraction of sp³-hybridized carbons (Fsp3) is 0.286. The number of aryl methyl sites for hydroxylation is 2. The highest BCUT2D eigenvalue weighted by Gasteiger charge is 2.25. The van der Waals surface area contributed by atoms with Crippen molar-refractivity contribution in [1.82, 2.24) is 19.7 Å². The van der Waals surface area contributed by atoms with Crippen molar-refractivity contribution < 1.29 is 4.79 Å². The molecule has 0 saturated heterocycles. The Morgan fingerprint density at radius 3 is 2.58 bits per heavy atom. The number of hydrogen-bond donors (Lipinski definition) is 0. The van der Waals surface area contributed by atoms with Crippen LogP contribution in [0.5, 0.6) is 0 Å². The third-order valence-corrected chi connectivity index (χ3v) is 5.06. The summed E-state index contributed by atoms with van der Waals surface area (Å²) < 4.78 is 1.92. The Balaban J connectivity index is 1.55. The summed E-state index contributed by atoms with van der Waals surface area (Å²) in [7, 11) is 0. The molecular formula is C21H22N4O. The van der Waals surface area contributed by atoms with E-state index in [1.165, 1.54) is 5.56 Å². The highest BCUT2D eigenvalue weighted by atomic mass is 16.2. The van der Waals surface area contributed by atoms with Gasteiger partial charge in [0.05, 0.1) is 17.8 Å².